The molecule has 0 unspecified atom stereocenters. The van der Waals surface area contributed by atoms with Gasteiger partial charge in [-0.15, -0.1) is 11.3 Å². The molecule has 0 aliphatic heterocycles. The third kappa shape index (κ3) is 7.63. The van der Waals surface area contributed by atoms with E-state index >= 15 is 0 Å². The molecule has 1 aromatic heterocycles. The zero-order chi connectivity index (χ0) is 24.6. The van der Waals surface area contributed by atoms with Crippen molar-refractivity contribution in [1.29, 1.82) is 0 Å². The highest BCUT2D eigenvalue weighted by Crippen LogP contribution is 2.33. The molecular formula is C20H26ClFN4O5S2. The van der Waals surface area contributed by atoms with Gasteiger partial charge >= 0.3 is 0 Å². The average molecular weight is 521 g/mol. The van der Waals surface area contributed by atoms with Crippen molar-refractivity contribution in [3.05, 3.63) is 39.6 Å². The summed E-state index contributed by atoms with van der Waals surface area (Å²) in [5.41, 5.74) is 5.64. The summed E-state index contributed by atoms with van der Waals surface area (Å²) in [6.45, 7) is -0.126. The number of hydrogen-bond donors (Lipinski definition) is 3. The Kier molecular flexibility index (Phi) is 10.0. The van der Waals surface area contributed by atoms with E-state index in [2.05, 4.69) is 10.3 Å². The van der Waals surface area contributed by atoms with Crippen LogP contribution in [0.15, 0.2) is 28.6 Å². The first-order valence-electron chi connectivity index (χ1n) is 10.0. The number of primary amides is 1. The van der Waals surface area contributed by atoms with Gasteiger partial charge in [0, 0.05) is 23.7 Å². The van der Waals surface area contributed by atoms with Crippen molar-refractivity contribution in [2.24, 2.45) is 5.73 Å². The average Bonchev–Trinajstić information content (AvgIpc) is 3.23. The number of sulfone groups is 1. The van der Waals surface area contributed by atoms with Gasteiger partial charge in [0.15, 0.2) is 9.84 Å². The van der Waals surface area contributed by atoms with Crippen molar-refractivity contribution in [3.63, 3.8) is 0 Å². The smallest absolute Gasteiger partial charge is 0.290 e. The molecule has 1 fully saturated rings. The van der Waals surface area contributed by atoms with Gasteiger partial charge in [-0.3, -0.25) is 14.5 Å². The molecule has 0 spiro atoms. The van der Waals surface area contributed by atoms with Gasteiger partial charge in [0.1, 0.15) is 21.5 Å². The maximum Gasteiger partial charge on any atom is 0.290 e. The minimum absolute atomic E-state index is 0.0266. The standard InChI is InChI=1S/C19H24ClFN4O3S2.CH2O2/c1-25(10-18(22)26)16-5-3-2-4-14(16)24-15-9-13(21)17(8-12(15)20)30(27,28)11-19-23-6-7-29-19;2-1-3/h6-9,14,16,24H,2-5,10-11H2,1H3,(H2,22,26);1H,(H,2,3)/t14-,16-;/m0./s1. The van der Waals surface area contributed by atoms with E-state index in [0.717, 1.165) is 37.8 Å². The lowest BCUT2D eigenvalue weighted by Gasteiger charge is -2.38. The van der Waals surface area contributed by atoms with Gasteiger partial charge in [-0.25, -0.2) is 17.8 Å². The van der Waals surface area contributed by atoms with Crippen LogP contribution >= 0.6 is 22.9 Å². The first-order valence-corrected chi connectivity index (χ1v) is 12.9. The van der Waals surface area contributed by atoms with Crippen LogP contribution in [0, 0.1) is 5.82 Å². The van der Waals surface area contributed by atoms with Crippen molar-refractivity contribution < 1.29 is 27.5 Å². The molecule has 1 saturated carbocycles. The van der Waals surface area contributed by atoms with Gasteiger partial charge in [0.05, 0.1) is 17.3 Å². The molecule has 2 atom stereocenters. The van der Waals surface area contributed by atoms with Crippen molar-refractivity contribution >= 4 is 50.8 Å². The first kappa shape index (κ1) is 27.0. The second kappa shape index (κ2) is 12.3. The number of thiazole rings is 1. The molecule has 13 heteroatoms. The second-order valence-corrected chi connectivity index (χ2v) is 10.9. The second-order valence-electron chi connectivity index (χ2n) is 7.54. The van der Waals surface area contributed by atoms with E-state index in [1.807, 2.05) is 11.9 Å². The minimum Gasteiger partial charge on any atom is -0.483 e. The Balaban J connectivity index is 0.00000122. The van der Waals surface area contributed by atoms with E-state index in [-0.39, 0.29) is 35.9 Å². The predicted molar refractivity (Wildman–Crippen MR) is 125 cm³/mol. The number of rotatable bonds is 8. The van der Waals surface area contributed by atoms with Crippen LogP contribution in [-0.2, 0) is 25.2 Å². The van der Waals surface area contributed by atoms with Gasteiger partial charge in [0.2, 0.25) is 5.91 Å². The van der Waals surface area contributed by atoms with Gasteiger partial charge in [0.25, 0.3) is 6.47 Å². The Morgan fingerprint density at radius 2 is 2.09 bits per heavy atom. The number of carbonyl (C=O) groups is 2. The Hall–Kier alpha value is -2.28. The molecule has 0 saturated heterocycles. The molecule has 2 aromatic rings. The fourth-order valence-electron chi connectivity index (χ4n) is 3.81. The lowest BCUT2D eigenvalue weighted by Crippen LogP contribution is -2.49. The van der Waals surface area contributed by atoms with Crippen molar-refractivity contribution in [2.45, 2.75) is 48.4 Å². The number of carboxylic acid groups (broad SMARTS) is 1. The highest BCUT2D eigenvalue weighted by atomic mass is 35.5. The number of nitrogens with one attached hydrogen (secondary N) is 1. The first-order chi connectivity index (χ1) is 15.6. The molecule has 0 bridgehead atoms. The largest absolute Gasteiger partial charge is 0.483 e. The molecule has 1 aliphatic carbocycles. The number of nitrogens with zero attached hydrogens (tertiary/aromatic N) is 2. The maximum atomic E-state index is 14.8. The quantitative estimate of drug-likeness (QED) is 0.451. The molecule has 0 radical (unpaired) electrons. The molecular weight excluding hydrogens is 495 g/mol. The highest BCUT2D eigenvalue weighted by molar-refractivity contribution is 7.90. The molecule has 33 heavy (non-hydrogen) atoms. The Labute approximate surface area is 200 Å². The van der Waals surface area contributed by atoms with Crippen molar-refractivity contribution in [1.82, 2.24) is 9.88 Å². The van der Waals surface area contributed by atoms with Crippen LogP contribution in [0.25, 0.3) is 0 Å². The molecule has 1 amide bonds. The molecule has 1 aliphatic rings. The number of anilines is 1. The van der Waals surface area contributed by atoms with E-state index in [1.165, 1.54) is 17.5 Å². The van der Waals surface area contributed by atoms with E-state index < -0.39 is 26.5 Å². The van der Waals surface area contributed by atoms with Crippen LogP contribution in [0.5, 0.6) is 0 Å². The highest BCUT2D eigenvalue weighted by Gasteiger charge is 2.30. The minimum atomic E-state index is -3.92. The Bertz CT molecular complexity index is 1050. The fraction of sp³-hybridized carbons (Fsp3) is 0.450. The summed E-state index contributed by atoms with van der Waals surface area (Å²) in [6.07, 6.45) is 5.18. The topological polar surface area (TPSA) is 143 Å². The van der Waals surface area contributed by atoms with Crippen molar-refractivity contribution in [2.75, 3.05) is 18.9 Å². The normalized spacial score (nSPS) is 18.3. The van der Waals surface area contributed by atoms with Crippen LogP contribution in [0.3, 0.4) is 0 Å². The van der Waals surface area contributed by atoms with Crippen LogP contribution in [0.2, 0.25) is 5.02 Å². The maximum absolute atomic E-state index is 14.8. The van der Waals surface area contributed by atoms with Crippen LogP contribution in [0.4, 0.5) is 10.1 Å². The summed E-state index contributed by atoms with van der Waals surface area (Å²) in [6, 6.07) is 2.22. The molecule has 1 heterocycles. The molecule has 182 valence electrons. The molecule has 3 rings (SSSR count). The molecule has 1 aromatic carbocycles. The molecule has 9 nitrogen and oxygen atoms in total. The summed E-state index contributed by atoms with van der Waals surface area (Å²) < 4.78 is 40.0. The van der Waals surface area contributed by atoms with Crippen LogP contribution in [-0.4, -0.2) is 61.5 Å². The Morgan fingerprint density at radius 1 is 1.42 bits per heavy atom. The van der Waals surface area contributed by atoms with E-state index in [1.54, 1.807) is 5.38 Å². The van der Waals surface area contributed by atoms with Crippen molar-refractivity contribution in [3.8, 4) is 0 Å². The molecule has 4 N–H and O–H groups in total. The number of carbonyl (C=O) groups excluding carboxylic acids is 1. The summed E-state index contributed by atoms with van der Waals surface area (Å²) in [5.74, 6) is -1.66. The van der Waals surface area contributed by atoms with Gasteiger partial charge < -0.3 is 16.2 Å². The fourth-order valence-corrected chi connectivity index (χ4v) is 6.44. The number of benzene rings is 1. The number of halogens is 2. The Morgan fingerprint density at radius 3 is 2.70 bits per heavy atom. The zero-order valence-corrected chi connectivity index (χ0v) is 20.3. The monoisotopic (exact) mass is 520 g/mol. The SMILES string of the molecule is CN(CC(N)=O)[C@H]1CCCC[C@@H]1Nc1cc(F)c(S(=O)(=O)Cc2nccs2)cc1Cl.O=CO. The number of aromatic nitrogens is 1. The number of nitrogens with two attached hydrogens (primary N) is 1. The van der Waals surface area contributed by atoms with E-state index in [4.69, 9.17) is 27.2 Å². The lowest BCUT2D eigenvalue weighted by atomic mass is 9.89. The van der Waals surface area contributed by atoms with Crippen LogP contribution < -0.4 is 11.1 Å². The summed E-state index contributed by atoms with van der Waals surface area (Å²) >= 11 is 7.52. The van der Waals surface area contributed by atoms with Gasteiger partial charge in [-0.1, -0.05) is 24.4 Å². The van der Waals surface area contributed by atoms with Gasteiger partial charge in [-0.2, -0.15) is 0 Å². The van der Waals surface area contributed by atoms with Gasteiger partial charge in [-0.05, 0) is 32.0 Å². The van der Waals surface area contributed by atoms with E-state index in [0.29, 0.717) is 10.7 Å². The predicted octanol–water partition coefficient (Wildman–Crippen LogP) is 2.75. The summed E-state index contributed by atoms with van der Waals surface area (Å²) in [5, 5.41) is 12.3. The lowest BCUT2D eigenvalue weighted by molar-refractivity contribution is -0.123. The number of hydrogen-bond acceptors (Lipinski definition) is 8. The summed E-state index contributed by atoms with van der Waals surface area (Å²) in [7, 11) is -2.10. The number of likely N-dealkylation sites (N-methyl/N-ethyl adjacent to an activating group) is 1. The number of amides is 1. The van der Waals surface area contributed by atoms with E-state index in [9.17, 15) is 17.6 Å². The summed E-state index contributed by atoms with van der Waals surface area (Å²) in [4.78, 5) is 25.0. The third-order valence-electron chi connectivity index (χ3n) is 5.20. The zero-order valence-electron chi connectivity index (χ0n) is 17.9. The third-order valence-corrected chi connectivity index (χ3v) is 8.11. The van der Waals surface area contributed by atoms with Crippen LogP contribution in [0.1, 0.15) is 30.7 Å².